The maximum atomic E-state index is 10.9. The van der Waals surface area contributed by atoms with Gasteiger partial charge in [0.1, 0.15) is 0 Å². The lowest BCUT2D eigenvalue weighted by atomic mass is 10.0. The van der Waals surface area contributed by atoms with E-state index in [0.717, 1.165) is 18.6 Å². The molecule has 0 saturated carbocycles. The molecule has 1 aromatic rings. The van der Waals surface area contributed by atoms with Gasteiger partial charge in [-0.1, -0.05) is 18.2 Å². The third kappa shape index (κ3) is 2.93. The molecule has 2 rings (SSSR count). The van der Waals surface area contributed by atoms with Crippen LogP contribution >= 0.6 is 10.7 Å². The third-order valence-corrected chi connectivity index (χ3v) is 3.39. The Morgan fingerprint density at radius 3 is 2.87 bits per heavy atom. The molecule has 1 heterocycles. The monoisotopic (exact) mass is 246 g/mol. The Hall–Kier alpha value is -0.580. The smallest absolute Gasteiger partial charge is 0.236 e. The summed E-state index contributed by atoms with van der Waals surface area (Å²) < 4.78 is 27.1. The summed E-state index contributed by atoms with van der Waals surface area (Å²) >= 11 is 0. The number of ether oxygens (including phenoxy) is 1. The lowest BCUT2D eigenvalue weighted by Gasteiger charge is -2.16. The largest absolute Gasteiger partial charge is 0.376 e. The van der Waals surface area contributed by atoms with Crippen molar-refractivity contribution in [3.05, 3.63) is 34.9 Å². The molecule has 0 radical (unpaired) electrons. The molecule has 0 spiro atoms. The maximum absolute atomic E-state index is 10.9. The molecular weight excluding hydrogens is 236 g/mol. The molecule has 0 saturated heterocycles. The van der Waals surface area contributed by atoms with E-state index in [0.29, 0.717) is 12.2 Å². The van der Waals surface area contributed by atoms with Crippen LogP contribution in [-0.2, 0) is 32.6 Å². The highest BCUT2D eigenvalue weighted by Crippen LogP contribution is 2.20. The van der Waals surface area contributed by atoms with E-state index >= 15 is 0 Å². The predicted octanol–water partition coefficient (Wildman–Crippen LogP) is 1.83. The van der Waals surface area contributed by atoms with Crippen LogP contribution in [0.4, 0.5) is 0 Å². The van der Waals surface area contributed by atoms with Crippen molar-refractivity contribution in [3.8, 4) is 0 Å². The third-order valence-electron chi connectivity index (χ3n) is 2.38. The fourth-order valence-corrected chi connectivity index (χ4v) is 2.67. The van der Waals surface area contributed by atoms with Gasteiger partial charge in [-0.3, -0.25) is 0 Å². The van der Waals surface area contributed by atoms with E-state index in [4.69, 9.17) is 15.4 Å². The van der Waals surface area contributed by atoms with Gasteiger partial charge in [0.25, 0.3) is 0 Å². The van der Waals surface area contributed by atoms with Crippen molar-refractivity contribution in [2.24, 2.45) is 0 Å². The molecule has 82 valence electrons. The van der Waals surface area contributed by atoms with Crippen molar-refractivity contribution in [2.75, 3.05) is 6.61 Å². The molecule has 0 aromatic heterocycles. The fraction of sp³-hybridized carbons (Fsp3) is 0.400. The number of benzene rings is 1. The summed E-state index contributed by atoms with van der Waals surface area (Å²) in [5.41, 5.74) is 3.02. The van der Waals surface area contributed by atoms with Crippen molar-refractivity contribution >= 4 is 19.7 Å². The van der Waals surface area contributed by atoms with Gasteiger partial charge in [0.15, 0.2) is 0 Å². The summed E-state index contributed by atoms with van der Waals surface area (Å²) in [4.78, 5) is 0. The number of halogens is 1. The minimum absolute atomic E-state index is 0.123. The zero-order chi connectivity index (χ0) is 10.9. The lowest BCUT2D eigenvalue weighted by molar-refractivity contribution is 0.110. The number of fused-ring (bicyclic) bond motifs is 1. The first-order valence-electron chi connectivity index (χ1n) is 4.65. The van der Waals surface area contributed by atoms with E-state index in [-0.39, 0.29) is 5.75 Å². The average molecular weight is 247 g/mol. The standard InChI is InChI=1S/C10H11ClO3S/c11-15(12,13)7-8-1-2-9-3-4-14-6-10(9)5-8/h1-2,5H,3-4,6-7H2. The van der Waals surface area contributed by atoms with Crippen molar-refractivity contribution in [1.82, 2.24) is 0 Å². The Morgan fingerprint density at radius 2 is 2.13 bits per heavy atom. The molecule has 0 bridgehead atoms. The number of rotatable bonds is 2. The zero-order valence-electron chi connectivity index (χ0n) is 8.07. The van der Waals surface area contributed by atoms with Crippen LogP contribution in [0.3, 0.4) is 0 Å². The Bertz CT molecular complexity index is 468. The van der Waals surface area contributed by atoms with Crippen LogP contribution in [-0.4, -0.2) is 15.0 Å². The Labute approximate surface area is 93.4 Å². The molecule has 15 heavy (non-hydrogen) atoms. The Morgan fingerprint density at radius 1 is 1.33 bits per heavy atom. The topological polar surface area (TPSA) is 43.4 Å². The molecule has 5 heteroatoms. The van der Waals surface area contributed by atoms with Crippen LogP contribution in [0.15, 0.2) is 18.2 Å². The normalized spacial score (nSPS) is 16.1. The lowest BCUT2D eigenvalue weighted by Crippen LogP contribution is -2.10. The predicted molar refractivity (Wildman–Crippen MR) is 58.3 cm³/mol. The highest BCUT2D eigenvalue weighted by molar-refractivity contribution is 8.13. The van der Waals surface area contributed by atoms with Gasteiger partial charge in [0.05, 0.1) is 19.0 Å². The SMILES string of the molecule is O=S(=O)(Cl)Cc1ccc2c(c1)COCC2. The molecule has 3 nitrogen and oxygen atoms in total. The second-order valence-corrected chi connectivity index (χ2v) is 6.37. The average Bonchev–Trinajstić information content (AvgIpc) is 2.15. The number of hydrogen-bond acceptors (Lipinski definition) is 3. The van der Waals surface area contributed by atoms with Gasteiger partial charge in [0.2, 0.25) is 9.05 Å². The summed E-state index contributed by atoms with van der Waals surface area (Å²) in [6, 6.07) is 5.62. The van der Waals surface area contributed by atoms with E-state index in [9.17, 15) is 8.42 Å². The van der Waals surface area contributed by atoms with Gasteiger partial charge >= 0.3 is 0 Å². The van der Waals surface area contributed by atoms with Gasteiger partial charge in [-0.05, 0) is 23.1 Å². The van der Waals surface area contributed by atoms with Crippen LogP contribution in [0.25, 0.3) is 0 Å². The molecule has 0 atom stereocenters. The highest BCUT2D eigenvalue weighted by atomic mass is 35.7. The first-order valence-corrected chi connectivity index (χ1v) is 7.13. The second-order valence-electron chi connectivity index (χ2n) is 3.59. The van der Waals surface area contributed by atoms with E-state index in [2.05, 4.69) is 0 Å². The van der Waals surface area contributed by atoms with E-state index in [1.165, 1.54) is 5.56 Å². The molecule has 1 aromatic carbocycles. The summed E-state index contributed by atoms with van der Waals surface area (Å²) in [6.07, 6.45) is 0.892. The van der Waals surface area contributed by atoms with Gasteiger partial charge in [-0.2, -0.15) is 0 Å². The fourth-order valence-electron chi connectivity index (χ4n) is 1.71. The van der Waals surface area contributed by atoms with Gasteiger partial charge in [-0.25, -0.2) is 8.42 Å². The summed E-state index contributed by atoms with van der Waals surface area (Å²) in [5, 5.41) is 0. The molecular formula is C10H11ClO3S. The highest BCUT2D eigenvalue weighted by Gasteiger charge is 2.12. The molecule has 0 N–H and O–H groups in total. The van der Waals surface area contributed by atoms with E-state index in [1.807, 2.05) is 18.2 Å². The van der Waals surface area contributed by atoms with Gasteiger partial charge in [0, 0.05) is 10.7 Å². The maximum Gasteiger partial charge on any atom is 0.236 e. The second kappa shape index (κ2) is 4.12. The minimum atomic E-state index is -3.47. The minimum Gasteiger partial charge on any atom is -0.376 e. The van der Waals surface area contributed by atoms with Crippen molar-refractivity contribution in [3.63, 3.8) is 0 Å². The summed E-state index contributed by atoms with van der Waals surface area (Å²) in [7, 11) is 1.72. The Kier molecular flexibility index (Phi) is 3.00. The summed E-state index contributed by atoms with van der Waals surface area (Å²) in [5.74, 6) is -0.123. The molecule has 0 amide bonds. The Balaban J connectivity index is 2.28. The van der Waals surface area contributed by atoms with Crippen LogP contribution in [0.2, 0.25) is 0 Å². The molecule has 1 aliphatic rings. The van der Waals surface area contributed by atoms with Gasteiger partial charge < -0.3 is 4.74 Å². The molecule has 0 unspecified atom stereocenters. The van der Waals surface area contributed by atoms with Crippen LogP contribution < -0.4 is 0 Å². The van der Waals surface area contributed by atoms with E-state index < -0.39 is 9.05 Å². The van der Waals surface area contributed by atoms with Crippen molar-refractivity contribution in [2.45, 2.75) is 18.8 Å². The van der Waals surface area contributed by atoms with Gasteiger partial charge in [-0.15, -0.1) is 0 Å². The molecule has 0 aliphatic carbocycles. The van der Waals surface area contributed by atoms with Crippen LogP contribution in [0, 0.1) is 0 Å². The van der Waals surface area contributed by atoms with Crippen LogP contribution in [0.1, 0.15) is 16.7 Å². The van der Waals surface area contributed by atoms with Crippen molar-refractivity contribution in [1.29, 1.82) is 0 Å². The van der Waals surface area contributed by atoms with Crippen LogP contribution in [0.5, 0.6) is 0 Å². The van der Waals surface area contributed by atoms with Crippen molar-refractivity contribution < 1.29 is 13.2 Å². The first kappa shape index (κ1) is 10.9. The summed E-state index contributed by atoms with van der Waals surface area (Å²) in [6.45, 7) is 1.30. The quantitative estimate of drug-likeness (QED) is 0.748. The first-order chi connectivity index (χ1) is 7.04. The van der Waals surface area contributed by atoms with E-state index in [1.54, 1.807) is 0 Å². The molecule has 1 aliphatic heterocycles. The molecule has 0 fully saturated rings. The zero-order valence-corrected chi connectivity index (χ0v) is 9.64. The number of hydrogen-bond donors (Lipinski definition) is 0.